The lowest BCUT2D eigenvalue weighted by Crippen LogP contribution is -2.33. The van der Waals surface area contributed by atoms with Crippen molar-refractivity contribution in [3.63, 3.8) is 0 Å². The van der Waals surface area contributed by atoms with Gasteiger partial charge in [-0.05, 0) is 50.1 Å². The van der Waals surface area contributed by atoms with Gasteiger partial charge in [0.2, 0.25) is 10.0 Å². The summed E-state index contributed by atoms with van der Waals surface area (Å²) in [6.45, 7) is 7.47. The van der Waals surface area contributed by atoms with E-state index in [2.05, 4.69) is 17.0 Å². The zero-order chi connectivity index (χ0) is 15.5. The number of nitrogens with one attached hydrogen (secondary N) is 2. The first kappa shape index (κ1) is 16.9. The van der Waals surface area contributed by atoms with Crippen LogP contribution < -0.4 is 10.0 Å². The minimum absolute atomic E-state index is 0.0123. The van der Waals surface area contributed by atoms with Crippen LogP contribution in [0.2, 0.25) is 0 Å². The number of thiophene rings is 1. The Morgan fingerprint density at radius 1 is 1.43 bits per heavy atom. The molecule has 1 aliphatic carbocycles. The van der Waals surface area contributed by atoms with Crippen molar-refractivity contribution in [2.75, 3.05) is 6.54 Å². The molecule has 1 fully saturated rings. The zero-order valence-corrected chi connectivity index (χ0v) is 14.7. The SMILES string of the molecule is CCCNCc1scc(C)c1S(=O)(=O)NC(C)CC1CC1. The van der Waals surface area contributed by atoms with Gasteiger partial charge in [0.25, 0.3) is 0 Å². The van der Waals surface area contributed by atoms with E-state index in [1.165, 1.54) is 24.2 Å². The fourth-order valence-corrected chi connectivity index (χ4v) is 5.61. The lowest BCUT2D eigenvalue weighted by atomic mass is 10.2. The van der Waals surface area contributed by atoms with E-state index in [1.54, 1.807) is 0 Å². The third-order valence-corrected chi connectivity index (χ3v) is 6.76. The van der Waals surface area contributed by atoms with Crippen LogP contribution in [0.1, 0.15) is 50.0 Å². The molecule has 2 rings (SSSR count). The van der Waals surface area contributed by atoms with E-state index < -0.39 is 10.0 Å². The van der Waals surface area contributed by atoms with Crippen molar-refractivity contribution >= 4 is 21.4 Å². The zero-order valence-electron chi connectivity index (χ0n) is 13.1. The standard InChI is InChI=1S/C15H26N2O2S2/c1-4-7-16-9-14-15(11(2)10-20-14)21(18,19)17-12(3)8-13-5-6-13/h10,12-13,16-17H,4-9H2,1-3H3. The Morgan fingerprint density at radius 3 is 2.76 bits per heavy atom. The first-order chi connectivity index (χ1) is 9.94. The average molecular weight is 331 g/mol. The van der Waals surface area contributed by atoms with Crippen LogP contribution in [0.4, 0.5) is 0 Å². The highest BCUT2D eigenvalue weighted by molar-refractivity contribution is 7.89. The van der Waals surface area contributed by atoms with E-state index in [1.807, 2.05) is 19.2 Å². The second-order valence-corrected chi connectivity index (χ2v) is 8.66. The van der Waals surface area contributed by atoms with Gasteiger partial charge >= 0.3 is 0 Å². The van der Waals surface area contributed by atoms with Crippen molar-refractivity contribution in [3.05, 3.63) is 15.8 Å². The summed E-state index contributed by atoms with van der Waals surface area (Å²) < 4.78 is 28.1. The molecule has 2 N–H and O–H groups in total. The Hall–Kier alpha value is -0.430. The van der Waals surface area contributed by atoms with Crippen molar-refractivity contribution in [2.24, 2.45) is 5.92 Å². The molecule has 1 saturated carbocycles. The lowest BCUT2D eigenvalue weighted by molar-refractivity contribution is 0.528. The van der Waals surface area contributed by atoms with Crippen molar-refractivity contribution in [3.8, 4) is 0 Å². The van der Waals surface area contributed by atoms with E-state index in [0.29, 0.717) is 11.4 Å². The Morgan fingerprint density at radius 2 is 2.14 bits per heavy atom. The summed E-state index contributed by atoms with van der Waals surface area (Å²) in [5.74, 6) is 0.719. The third kappa shape index (κ3) is 4.77. The fourth-order valence-electron chi connectivity index (χ4n) is 2.57. The molecule has 1 aromatic rings. The van der Waals surface area contributed by atoms with Crippen LogP contribution in [0, 0.1) is 12.8 Å². The molecule has 6 heteroatoms. The van der Waals surface area contributed by atoms with Crippen LogP contribution in [-0.4, -0.2) is 21.0 Å². The molecule has 0 radical (unpaired) electrons. The predicted molar refractivity (Wildman–Crippen MR) is 88.2 cm³/mol. The largest absolute Gasteiger partial charge is 0.312 e. The van der Waals surface area contributed by atoms with Gasteiger partial charge < -0.3 is 5.32 Å². The quantitative estimate of drug-likeness (QED) is 0.684. The molecule has 0 amide bonds. The van der Waals surface area contributed by atoms with Gasteiger partial charge in [0, 0.05) is 17.5 Å². The molecule has 1 aromatic heterocycles. The summed E-state index contributed by atoms with van der Waals surface area (Å²) >= 11 is 1.53. The Kier molecular flexibility index (Phi) is 5.82. The fraction of sp³-hybridized carbons (Fsp3) is 0.733. The topological polar surface area (TPSA) is 58.2 Å². The van der Waals surface area contributed by atoms with E-state index in [4.69, 9.17) is 0 Å². The summed E-state index contributed by atoms with van der Waals surface area (Å²) in [5, 5.41) is 5.22. The second-order valence-electron chi connectivity index (χ2n) is 6.05. The monoisotopic (exact) mass is 330 g/mol. The molecule has 21 heavy (non-hydrogen) atoms. The van der Waals surface area contributed by atoms with E-state index in [0.717, 1.165) is 35.7 Å². The van der Waals surface area contributed by atoms with Crippen LogP contribution >= 0.6 is 11.3 Å². The van der Waals surface area contributed by atoms with Crippen LogP contribution in [0.25, 0.3) is 0 Å². The van der Waals surface area contributed by atoms with Crippen molar-refractivity contribution in [1.82, 2.24) is 10.0 Å². The molecular weight excluding hydrogens is 304 g/mol. The number of aryl methyl sites for hydroxylation is 1. The molecule has 0 bridgehead atoms. The van der Waals surface area contributed by atoms with Gasteiger partial charge in [-0.25, -0.2) is 13.1 Å². The maximum atomic E-state index is 12.6. The summed E-state index contributed by atoms with van der Waals surface area (Å²) in [5.41, 5.74) is 0.847. The van der Waals surface area contributed by atoms with Crippen molar-refractivity contribution in [2.45, 2.75) is 63.9 Å². The normalized spacial score (nSPS) is 17.1. The van der Waals surface area contributed by atoms with Gasteiger partial charge in [-0.2, -0.15) is 0 Å². The van der Waals surface area contributed by atoms with Gasteiger partial charge in [0.1, 0.15) is 4.90 Å². The summed E-state index contributed by atoms with van der Waals surface area (Å²) in [4.78, 5) is 1.39. The van der Waals surface area contributed by atoms with Gasteiger partial charge in [-0.3, -0.25) is 0 Å². The van der Waals surface area contributed by atoms with Crippen LogP contribution in [0.3, 0.4) is 0 Å². The molecule has 1 heterocycles. The molecule has 120 valence electrons. The predicted octanol–water partition coefficient (Wildman–Crippen LogP) is 3.02. The molecule has 1 aliphatic rings. The van der Waals surface area contributed by atoms with Crippen molar-refractivity contribution in [1.29, 1.82) is 0 Å². The van der Waals surface area contributed by atoms with Crippen LogP contribution in [-0.2, 0) is 16.6 Å². The minimum atomic E-state index is -3.41. The molecule has 0 saturated heterocycles. The van der Waals surface area contributed by atoms with E-state index >= 15 is 0 Å². The highest BCUT2D eigenvalue weighted by Crippen LogP contribution is 2.34. The molecule has 0 aromatic carbocycles. The Balaban J connectivity index is 2.08. The number of hydrogen-bond donors (Lipinski definition) is 2. The molecule has 4 nitrogen and oxygen atoms in total. The van der Waals surface area contributed by atoms with Gasteiger partial charge in [-0.15, -0.1) is 11.3 Å². The lowest BCUT2D eigenvalue weighted by Gasteiger charge is -2.15. The van der Waals surface area contributed by atoms with Gasteiger partial charge in [-0.1, -0.05) is 19.8 Å². The highest BCUT2D eigenvalue weighted by atomic mass is 32.2. The maximum absolute atomic E-state index is 12.6. The summed E-state index contributed by atoms with van der Waals surface area (Å²) in [6, 6.07) is 0.0123. The van der Waals surface area contributed by atoms with Gasteiger partial charge in [0.15, 0.2) is 0 Å². The third-order valence-electron chi connectivity index (χ3n) is 3.71. The smallest absolute Gasteiger partial charge is 0.242 e. The average Bonchev–Trinajstić information content (AvgIpc) is 3.10. The van der Waals surface area contributed by atoms with E-state index in [-0.39, 0.29) is 6.04 Å². The highest BCUT2D eigenvalue weighted by Gasteiger charge is 2.28. The van der Waals surface area contributed by atoms with Crippen LogP contribution in [0.15, 0.2) is 10.3 Å². The first-order valence-electron chi connectivity index (χ1n) is 7.74. The van der Waals surface area contributed by atoms with Gasteiger partial charge in [0.05, 0.1) is 0 Å². The minimum Gasteiger partial charge on any atom is -0.312 e. The summed E-state index contributed by atoms with van der Waals surface area (Å²) in [7, 11) is -3.41. The van der Waals surface area contributed by atoms with Crippen molar-refractivity contribution < 1.29 is 8.42 Å². The van der Waals surface area contributed by atoms with Crippen LogP contribution in [0.5, 0.6) is 0 Å². The Labute approximate surface area is 132 Å². The number of rotatable bonds is 9. The number of hydrogen-bond acceptors (Lipinski definition) is 4. The molecule has 1 atom stereocenters. The molecule has 0 aliphatic heterocycles. The molecule has 0 spiro atoms. The second kappa shape index (κ2) is 7.22. The molecular formula is C15H26N2O2S2. The number of sulfonamides is 1. The summed E-state index contributed by atoms with van der Waals surface area (Å²) in [6.07, 6.45) is 4.49. The Bertz CT molecular complexity index is 562. The maximum Gasteiger partial charge on any atom is 0.242 e. The van der Waals surface area contributed by atoms with E-state index in [9.17, 15) is 8.42 Å². The first-order valence-corrected chi connectivity index (χ1v) is 10.1. The molecule has 1 unspecified atom stereocenters.